The van der Waals surface area contributed by atoms with E-state index < -0.39 is 5.76 Å². The molecule has 0 amide bonds. The lowest BCUT2D eigenvalue weighted by Crippen LogP contribution is -1.92. The number of thiazole rings is 1. The van der Waals surface area contributed by atoms with E-state index in [4.69, 9.17) is 4.42 Å². The minimum Gasteiger partial charge on any atom is -0.408 e. The van der Waals surface area contributed by atoms with Gasteiger partial charge in [0.05, 0.1) is 11.2 Å². The van der Waals surface area contributed by atoms with Gasteiger partial charge in [0, 0.05) is 16.6 Å². The first kappa shape index (κ1) is 22.8. The first-order valence-electron chi connectivity index (χ1n) is 11.2. The van der Waals surface area contributed by atoms with E-state index in [1.807, 2.05) is 37.4 Å². The van der Waals surface area contributed by atoms with Crippen LogP contribution in [0.15, 0.2) is 57.1 Å². The number of aryl methyl sites for hydroxylation is 1. The van der Waals surface area contributed by atoms with Gasteiger partial charge in [0.2, 0.25) is 0 Å². The molecule has 164 valence electrons. The number of aromatic amines is 1. The summed E-state index contributed by atoms with van der Waals surface area (Å²) in [5.74, 6) is -0.442. The first-order chi connectivity index (χ1) is 15.2. The Labute approximate surface area is 187 Å². The van der Waals surface area contributed by atoms with Crippen LogP contribution in [0.4, 0.5) is 10.8 Å². The fourth-order valence-electron chi connectivity index (χ4n) is 3.38. The number of hydrogen-bond acceptors (Lipinski definition) is 5. The first-order valence-corrected chi connectivity index (χ1v) is 12.0. The Hall–Kier alpha value is -2.86. The Morgan fingerprint density at radius 1 is 1.03 bits per heavy atom. The Balaban J connectivity index is 0.00000132. The molecule has 6 heteroatoms. The molecular weight excluding hydrogens is 406 g/mol. The predicted octanol–water partition coefficient (Wildman–Crippen LogP) is 7.53. The van der Waals surface area contributed by atoms with Crippen LogP contribution in [-0.4, -0.2) is 9.97 Å². The van der Waals surface area contributed by atoms with Crippen LogP contribution in [0.25, 0.3) is 22.4 Å². The lowest BCUT2D eigenvalue weighted by Gasteiger charge is -2.05. The summed E-state index contributed by atoms with van der Waals surface area (Å²) < 4.78 is 5.14. The minimum atomic E-state index is -0.442. The van der Waals surface area contributed by atoms with Gasteiger partial charge in [-0.2, -0.15) is 0 Å². The van der Waals surface area contributed by atoms with Crippen molar-refractivity contribution in [2.45, 2.75) is 59.3 Å². The van der Waals surface area contributed by atoms with Gasteiger partial charge in [0.15, 0.2) is 10.7 Å². The average Bonchev–Trinajstić information content (AvgIpc) is 3.41. The van der Waals surface area contributed by atoms with Gasteiger partial charge in [0.25, 0.3) is 0 Å². The van der Waals surface area contributed by atoms with E-state index in [1.54, 1.807) is 11.3 Å². The normalized spacial score (nSPS) is 10.7. The number of benzene rings is 2. The van der Waals surface area contributed by atoms with Crippen molar-refractivity contribution in [1.29, 1.82) is 0 Å². The van der Waals surface area contributed by atoms with Gasteiger partial charge in [-0.15, -0.1) is 11.3 Å². The molecule has 2 aromatic carbocycles. The number of nitrogens with zero attached hydrogens (tertiary/aromatic N) is 1. The van der Waals surface area contributed by atoms with Gasteiger partial charge < -0.3 is 9.73 Å². The summed E-state index contributed by atoms with van der Waals surface area (Å²) in [4.78, 5) is 18.6. The molecule has 2 aromatic heterocycles. The van der Waals surface area contributed by atoms with Crippen molar-refractivity contribution in [3.8, 4) is 11.3 Å². The van der Waals surface area contributed by atoms with Gasteiger partial charge in [-0.1, -0.05) is 64.7 Å². The lowest BCUT2D eigenvalue weighted by molar-refractivity contribution is 0.555. The zero-order valence-electron chi connectivity index (χ0n) is 18.5. The van der Waals surface area contributed by atoms with E-state index in [2.05, 4.69) is 46.5 Å². The molecule has 0 aliphatic heterocycles. The second-order valence-electron chi connectivity index (χ2n) is 7.25. The average molecular weight is 438 g/mol. The van der Waals surface area contributed by atoms with Crippen molar-refractivity contribution in [3.05, 3.63) is 64.0 Å². The van der Waals surface area contributed by atoms with E-state index in [0.29, 0.717) is 11.1 Å². The fraction of sp³-hybridized carbons (Fsp3) is 0.360. The van der Waals surface area contributed by atoms with Crippen LogP contribution in [0.3, 0.4) is 0 Å². The smallest absolute Gasteiger partial charge is 0.408 e. The molecule has 2 heterocycles. The van der Waals surface area contributed by atoms with E-state index in [1.165, 1.54) is 37.7 Å². The van der Waals surface area contributed by atoms with Gasteiger partial charge in [-0.3, -0.25) is 4.98 Å². The van der Waals surface area contributed by atoms with Crippen molar-refractivity contribution < 1.29 is 4.42 Å². The highest BCUT2D eigenvalue weighted by Gasteiger charge is 2.08. The van der Waals surface area contributed by atoms with Crippen molar-refractivity contribution in [2.24, 2.45) is 0 Å². The number of unbranched alkanes of at least 4 members (excludes halogenated alkanes) is 4. The molecule has 0 saturated heterocycles. The van der Waals surface area contributed by atoms with Crippen molar-refractivity contribution in [3.63, 3.8) is 0 Å². The summed E-state index contributed by atoms with van der Waals surface area (Å²) in [6, 6.07) is 14.2. The number of rotatable bonds is 9. The van der Waals surface area contributed by atoms with Crippen molar-refractivity contribution >= 4 is 33.3 Å². The Kier molecular flexibility index (Phi) is 8.47. The highest BCUT2D eigenvalue weighted by molar-refractivity contribution is 7.14. The summed E-state index contributed by atoms with van der Waals surface area (Å²) in [5, 5.41) is 6.21. The molecule has 0 atom stereocenters. The molecule has 0 bridgehead atoms. The Bertz CT molecular complexity index is 1130. The fourth-order valence-corrected chi connectivity index (χ4v) is 4.12. The van der Waals surface area contributed by atoms with Crippen LogP contribution in [0.5, 0.6) is 0 Å². The Morgan fingerprint density at radius 2 is 1.81 bits per heavy atom. The monoisotopic (exact) mass is 437 g/mol. The minimum absolute atomic E-state index is 0.442. The number of anilines is 2. The highest BCUT2D eigenvalue weighted by Crippen LogP contribution is 2.29. The molecule has 0 aliphatic rings. The maximum Gasteiger partial charge on any atom is 0.417 e. The third-order valence-electron chi connectivity index (χ3n) is 5.00. The van der Waals surface area contributed by atoms with E-state index >= 15 is 0 Å². The van der Waals surface area contributed by atoms with Crippen LogP contribution in [-0.2, 0) is 6.42 Å². The third kappa shape index (κ3) is 6.31. The van der Waals surface area contributed by atoms with Gasteiger partial charge in [-0.05, 0) is 42.7 Å². The molecule has 31 heavy (non-hydrogen) atoms. The summed E-state index contributed by atoms with van der Waals surface area (Å²) in [5.41, 5.74) is 5.42. The van der Waals surface area contributed by atoms with Crippen LogP contribution < -0.4 is 11.1 Å². The number of hydrogen-bond donors (Lipinski definition) is 2. The molecule has 0 fully saturated rings. The SMILES string of the molecule is CC.CCCCCCCc1ccc(Nc2nc(-c3ccc4[nH]c(=O)oc4c3)cs2)cc1. The molecular formula is C25H31N3O2S. The molecule has 0 unspecified atom stereocenters. The second kappa shape index (κ2) is 11.5. The number of oxazole rings is 1. The maximum atomic E-state index is 11.3. The molecule has 0 spiro atoms. The lowest BCUT2D eigenvalue weighted by atomic mass is 10.1. The standard InChI is InChI=1S/C23H25N3O2S.C2H6/c1-2-3-4-5-6-7-16-8-11-18(12-9-16)24-22-25-20(15-29-22)17-10-13-19-21(14-17)28-23(27)26-19;1-2/h8-15H,2-7H2,1H3,(H,24,25)(H,26,27);1-2H3. The summed E-state index contributed by atoms with van der Waals surface area (Å²) in [6.45, 7) is 6.25. The van der Waals surface area contributed by atoms with E-state index in [-0.39, 0.29) is 0 Å². The zero-order chi connectivity index (χ0) is 22.1. The zero-order valence-corrected chi connectivity index (χ0v) is 19.3. The molecule has 0 aliphatic carbocycles. The van der Waals surface area contributed by atoms with Crippen molar-refractivity contribution in [2.75, 3.05) is 5.32 Å². The number of fused-ring (bicyclic) bond motifs is 1. The highest BCUT2D eigenvalue weighted by atomic mass is 32.1. The molecule has 4 aromatic rings. The summed E-state index contributed by atoms with van der Waals surface area (Å²) in [6.07, 6.45) is 7.68. The predicted molar refractivity (Wildman–Crippen MR) is 131 cm³/mol. The van der Waals surface area contributed by atoms with Gasteiger partial charge in [-0.25, -0.2) is 9.78 Å². The summed E-state index contributed by atoms with van der Waals surface area (Å²) in [7, 11) is 0. The largest absolute Gasteiger partial charge is 0.417 e. The quantitative estimate of drug-likeness (QED) is 0.266. The molecule has 4 rings (SSSR count). The van der Waals surface area contributed by atoms with Crippen LogP contribution >= 0.6 is 11.3 Å². The number of H-pyrrole nitrogens is 1. The third-order valence-corrected chi connectivity index (χ3v) is 5.75. The molecule has 0 radical (unpaired) electrons. The molecule has 2 N–H and O–H groups in total. The van der Waals surface area contributed by atoms with E-state index in [9.17, 15) is 4.79 Å². The van der Waals surface area contributed by atoms with E-state index in [0.717, 1.165) is 28.5 Å². The van der Waals surface area contributed by atoms with Gasteiger partial charge in [0.1, 0.15) is 0 Å². The Morgan fingerprint density at radius 3 is 2.58 bits per heavy atom. The van der Waals surface area contributed by atoms with Gasteiger partial charge >= 0.3 is 5.76 Å². The van der Waals surface area contributed by atoms with Crippen LogP contribution in [0.2, 0.25) is 0 Å². The topological polar surface area (TPSA) is 70.9 Å². The van der Waals surface area contributed by atoms with Crippen LogP contribution in [0, 0.1) is 0 Å². The second-order valence-corrected chi connectivity index (χ2v) is 8.11. The maximum absolute atomic E-state index is 11.3. The summed E-state index contributed by atoms with van der Waals surface area (Å²) >= 11 is 1.55. The number of aromatic nitrogens is 2. The van der Waals surface area contributed by atoms with Crippen molar-refractivity contribution in [1.82, 2.24) is 9.97 Å². The van der Waals surface area contributed by atoms with Crippen LogP contribution in [0.1, 0.15) is 58.4 Å². The number of nitrogens with one attached hydrogen (secondary N) is 2. The molecule has 0 saturated carbocycles. The molecule has 5 nitrogen and oxygen atoms in total.